The molecule has 0 unspecified atom stereocenters. The SMILES string of the molecule is CC(C)n1cc(C(F)(F)F)nc1-c1ccc(CN(C)C2CCC2)cc1. The summed E-state index contributed by atoms with van der Waals surface area (Å²) in [5.41, 5.74) is 1.03. The highest BCUT2D eigenvalue weighted by molar-refractivity contribution is 5.57. The van der Waals surface area contributed by atoms with Crippen LogP contribution in [0.3, 0.4) is 0 Å². The van der Waals surface area contributed by atoms with Gasteiger partial charge in [-0.1, -0.05) is 30.7 Å². The fraction of sp³-hybridized carbons (Fsp3) is 0.526. The third kappa shape index (κ3) is 3.89. The molecule has 6 heteroatoms. The fourth-order valence-corrected chi connectivity index (χ4v) is 3.14. The summed E-state index contributed by atoms with van der Waals surface area (Å²) in [6.45, 7) is 4.57. The zero-order valence-corrected chi connectivity index (χ0v) is 14.8. The van der Waals surface area contributed by atoms with Crippen molar-refractivity contribution in [3.05, 3.63) is 41.7 Å². The maximum absolute atomic E-state index is 13.0. The van der Waals surface area contributed by atoms with Crippen LogP contribution in [0.25, 0.3) is 11.4 Å². The normalized spacial score (nSPS) is 15.8. The summed E-state index contributed by atoms with van der Waals surface area (Å²) in [5, 5.41) is 0. The van der Waals surface area contributed by atoms with E-state index >= 15 is 0 Å². The Balaban J connectivity index is 1.82. The molecule has 0 saturated heterocycles. The topological polar surface area (TPSA) is 21.1 Å². The summed E-state index contributed by atoms with van der Waals surface area (Å²) < 4.78 is 40.6. The molecule has 1 aliphatic carbocycles. The van der Waals surface area contributed by atoms with Crippen LogP contribution >= 0.6 is 0 Å². The number of hydrogen-bond acceptors (Lipinski definition) is 2. The first-order chi connectivity index (χ1) is 11.8. The molecule has 25 heavy (non-hydrogen) atoms. The summed E-state index contributed by atoms with van der Waals surface area (Å²) in [6, 6.07) is 8.27. The van der Waals surface area contributed by atoms with Gasteiger partial charge in [0, 0.05) is 30.4 Å². The Morgan fingerprint density at radius 2 is 1.84 bits per heavy atom. The predicted molar refractivity (Wildman–Crippen MR) is 92.2 cm³/mol. The Labute approximate surface area is 146 Å². The average Bonchev–Trinajstić information content (AvgIpc) is 2.91. The maximum Gasteiger partial charge on any atom is 0.434 e. The van der Waals surface area contributed by atoms with Crippen LogP contribution in [0.4, 0.5) is 13.2 Å². The van der Waals surface area contributed by atoms with E-state index in [1.54, 1.807) is 4.57 Å². The lowest BCUT2D eigenvalue weighted by Crippen LogP contribution is -2.36. The monoisotopic (exact) mass is 351 g/mol. The molecule has 1 aliphatic rings. The fourth-order valence-electron chi connectivity index (χ4n) is 3.14. The van der Waals surface area contributed by atoms with Crippen molar-refractivity contribution in [2.45, 2.75) is 57.9 Å². The summed E-state index contributed by atoms with van der Waals surface area (Å²) in [7, 11) is 2.12. The highest BCUT2D eigenvalue weighted by Gasteiger charge is 2.35. The van der Waals surface area contributed by atoms with E-state index in [1.165, 1.54) is 19.3 Å². The van der Waals surface area contributed by atoms with Gasteiger partial charge in [-0.25, -0.2) is 4.98 Å². The Bertz CT molecular complexity index is 713. The maximum atomic E-state index is 13.0. The minimum absolute atomic E-state index is 0.0944. The van der Waals surface area contributed by atoms with E-state index in [4.69, 9.17) is 0 Å². The van der Waals surface area contributed by atoms with Gasteiger partial charge >= 0.3 is 6.18 Å². The van der Waals surface area contributed by atoms with Crippen LogP contribution in [0.1, 0.15) is 50.4 Å². The molecule has 0 amide bonds. The molecule has 1 aromatic carbocycles. The van der Waals surface area contributed by atoms with E-state index < -0.39 is 11.9 Å². The van der Waals surface area contributed by atoms with Crippen LogP contribution in [-0.4, -0.2) is 27.5 Å². The number of benzene rings is 1. The number of aromatic nitrogens is 2. The molecule has 1 heterocycles. The number of nitrogens with zero attached hydrogens (tertiary/aromatic N) is 3. The highest BCUT2D eigenvalue weighted by Crippen LogP contribution is 2.32. The molecule has 0 aliphatic heterocycles. The Morgan fingerprint density at radius 3 is 2.32 bits per heavy atom. The largest absolute Gasteiger partial charge is 0.434 e. The Kier molecular flexibility index (Phi) is 4.91. The molecular formula is C19H24F3N3. The van der Waals surface area contributed by atoms with Gasteiger partial charge in [-0.05, 0) is 39.3 Å². The predicted octanol–water partition coefficient (Wildman–Crippen LogP) is 5.13. The van der Waals surface area contributed by atoms with Gasteiger partial charge in [-0.15, -0.1) is 0 Å². The minimum atomic E-state index is -4.43. The van der Waals surface area contributed by atoms with Crippen LogP contribution in [0.15, 0.2) is 30.5 Å². The molecule has 1 saturated carbocycles. The zero-order chi connectivity index (χ0) is 18.2. The molecule has 1 aromatic heterocycles. The van der Waals surface area contributed by atoms with Crippen molar-refractivity contribution in [2.75, 3.05) is 7.05 Å². The average molecular weight is 351 g/mol. The van der Waals surface area contributed by atoms with Gasteiger partial charge < -0.3 is 4.57 Å². The highest BCUT2D eigenvalue weighted by atomic mass is 19.4. The van der Waals surface area contributed by atoms with E-state index in [2.05, 4.69) is 16.9 Å². The van der Waals surface area contributed by atoms with E-state index in [0.29, 0.717) is 17.4 Å². The molecule has 0 N–H and O–H groups in total. The molecule has 0 spiro atoms. The van der Waals surface area contributed by atoms with Crippen LogP contribution < -0.4 is 0 Å². The van der Waals surface area contributed by atoms with Crippen molar-refractivity contribution in [3.8, 4) is 11.4 Å². The second kappa shape index (κ2) is 6.83. The molecule has 0 radical (unpaired) electrons. The van der Waals surface area contributed by atoms with Gasteiger partial charge in [-0.2, -0.15) is 13.2 Å². The quantitative estimate of drug-likeness (QED) is 0.744. The van der Waals surface area contributed by atoms with Gasteiger partial charge in [0.25, 0.3) is 0 Å². The van der Waals surface area contributed by atoms with Crippen LogP contribution in [0.5, 0.6) is 0 Å². The summed E-state index contributed by atoms with van der Waals surface area (Å²) >= 11 is 0. The third-order valence-corrected chi connectivity index (χ3v) is 4.92. The molecule has 0 bridgehead atoms. The number of alkyl halides is 3. The summed E-state index contributed by atoms with van der Waals surface area (Å²) in [5.74, 6) is 0.362. The van der Waals surface area contributed by atoms with Crippen molar-refractivity contribution in [3.63, 3.8) is 0 Å². The molecule has 3 nitrogen and oxygen atoms in total. The molecule has 1 fully saturated rings. The van der Waals surface area contributed by atoms with Crippen LogP contribution in [-0.2, 0) is 12.7 Å². The lowest BCUT2D eigenvalue weighted by Gasteiger charge is -2.34. The van der Waals surface area contributed by atoms with Crippen molar-refractivity contribution >= 4 is 0 Å². The minimum Gasteiger partial charge on any atom is -0.328 e. The number of imidazole rings is 1. The van der Waals surface area contributed by atoms with E-state index in [-0.39, 0.29) is 6.04 Å². The standard InChI is InChI=1S/C19H24F3N3/c1-13(2)25-12-17(19(20,21)22)23-18(25)15-9-7-14(8-10-15)11-24(3)16-5-4-6-16/h7-10,12-13,16H,4-6,11H2,1-3H3. The molecule has 0 atom stereocenters. The smallest absolute Gasteiger partial charge is 0.328 e. The summed E-state index contributed by atoms with van der Waals surface area (Å²) in [6.07, 6.45) is 0.465. The van der Waals surface area contributed by atoms with Crippen LogP contribution in [0.2, 0.25) is 0 Å². The zero-order valence-electron chi connectivity index (χ0n) is 14.8. The first-order valence-electron chi connectivity index (χ1n) is 8.71. The molecule has 136 valence electrons. The van der Waals surface area contributed by atoms with Crippen LogP contribution in [0, 0.1) is 0 Å². The van der Waals surface area contributed by atoms with Crippen molar-refractivity contribution in [1.82, 2.24) is 14.5 Å². The van der Waals surface area contributed by atoms with Gasteiger partial charge in [0.05, 0.1) is 0 Å². The third-order valence-electron chi connectivity index (χ3n) is 4.92. The van der Waals surface area contributed by atoms with Gasteiger partial charge in [0.1, 0.15) is 5.82 Å². The molecule has 3 rings (SSSR count). The first-order valence-corrected chi connectivity index (χ1v) is 8.71. The number of rotatable bonds is 5. The lowest BCUT2D eigenvalue weighted by atomic mass is 9.91. The van der Waals surface area contributed by atoms with Crippen molar-refractivity contribution < 1.29 is 13.2 Å². The second-order valence-electron chi connectivity index (χ2n) is 7.15. The van der Waals surface area contributed by atoms with Gasteiger partial charge in [0.15, 0.2) is 5.69 Å². The second-order valence-corrected chi connectivity index (χ2v) is 7.15. The molecule has 2 aromatic rings. The van der Waals surface area contributed by atoms with Gasteiger partial charge in [-0.3, -0.25) is 4.90 Å². The van der Waals surface area contributed by atoms with E-state index in [9.17, 15) is 13.2 Å². The van der Waals surface area contributed by atoms with Gasteiger partial charge in [0.2, 0.25) is 0 Å². The summed E-state index contributed by atoms with van der Waals surface area (Å²) in [4.78, 5) is 6.18. The Morgan fingerprint density at radius 1 is 1.20 bits per heavy atom. The Hall–Kier alpha value is -1.82. The van der Waals surface area contributed by atoms with Crippen molar-refractivity contribution in [1.29, 1.82) is 0 Å². The van der Waals surface area contributed by atoms with E-state index in [1.807, 2.05) is 38.1 Å². The number of halogens is 3. The molecular weight excluding hydrogens is 327 g/mol. The first kappa shape index (κ1) is 18.0. The lowest BCUT2D eigenvalue weighted by molar-refractivity contribution is -0.140. The number of hydrogen-bond donors (Lipinski definition) is 0. The van der Waals surface area contributed by atoms with Crippen molar-refractivity contribution in [2.24, 2.45) is 0 Å². The van der Waals surface area contributed by atoms with E-state index in [0.717, 1.165) is 18.3 Å².